The quantitative estimate of drug-likeness (QED) is 0.596. The van der Waals surface area contributed by atoms with Crippen LogP contribution in [0.25, 0.3) is 11.3 Å². The molecule has 2 aromatic heterocycles. The molecule has 0 unspecified atom stereocenters. The van der Waals surface area contributed by atoms with E-state index in [-0.39, 0.29) is 0 Å². The van der Waals surface area contributed by atoms with Crippen molar-refractivity contribution in [3.8, 4) is 17.3 Å². The Hall–Kier alpha value is -2.40. The van der Waals surface area contributed by atoms with Crippen molar-refractivity contribution >= 4 is 34.2 Å². The highest BCUT2D eigenvalue weighted by Crippen LogP contribution is 2.28. The number of halogens is 1. The van der Waals surface area contributed by atoms with Crippen LogP contribution in [0.2, 0.25) is 0 Å². The van der Waals surface area contributed by atoms with Gasteiger partial charge in [0.25, 0.3) is 0 Å². The smallest absolute Gasteiger partial charge is 0.227 e. The SMILES string of the molecule is Cc1ccc(Nc2nccc(-c3c(C)[nH]c(C#N)c3C)n2)cc1I. The minimum Gasteiger partial charge on any atom is -0.350 e. The van der Waals surface area contributed by atoms with Crippen molar-refractivity contribution in [2.24, 2.45) is 0 Å². The monoisotopic (exact) mass is 429 g/mol. The van der Waals surface area contributed by atoms with Gasteiger partial charge in [-0.15, -0.1) is 0 Å². The van der Waals surface area contributed by atoms with Crippen LogP contribution in [-0.2, 0) is 0 Å². The molecule has 0 radical (unpaired) electrons. The molecule has 0 fully saturated rings. The second kappa shape index (κ2) is 6.61. The number of aromatic nitrogens is 3. The molecule has 0 amide bonds. The maximum Gasteiger partial charge on any atom is 0.227 e. The second-order valence-corrected chi connectivity index (χ2v) is 6.75. The minimum atomic E-state index is 0.533. The Morgan fingerprint density at radius 2 is 2.00 bits per heavy atom. The van der Waals surface area contributed by atoms with Gasteiger partial charge in [-0.3, -0.25) is 0 Å². The molecule has 0 saturated heterocycles. The van der Waals surface area contributed by atoms with Gasteiger partial charge in [-0.05, 0) is 72.7 Å². The average Bonchev–Trinajstić information content (AvgIpc) is 2.85. The summed E-state index contributed by atoms with van der Waals surface area (Å²) >= 11 is 2.31. The Morgan fingerprint density at radius 1 is 1.21 bits per heavy atom. The number of H-pyrrole nitrogens is 1. The second-order valence-electron chi connectivity index (χ2n) is 5.59. The molecule has 5 nitrogen and oxygen atoms in total. The molecule has 0 aliphatic rings. The predicted molar refractivity (Wildman–Crippen MR) is 103 cm³/mol. The predicted octanol–water partition coefficient (Wildman–Crippen LogP) is 4.62. The number of hydrogen-bond acceptors (Lipinski definition) is 4. The van der Waals surface area contributed by atoms with Gasteiger partial charge in [-0.1, -0.05) is 6.07 Å². The Bertz CT molecular complexity index is 953. The molecule has 1 aromatic carbocycles. The van der Waals surface area contributed by atoms with Crippen LogP contribution in [0.5, 0.6) is 0 Å². The van der Waals surface area contributed by atoms with E-state index in [1.807, 2.05) is 26.0 Å². The van der Waals surface area contributed by atoms with Crippen molar-refractivity contribution in [1.29, 1.82) is 5.26 Å². The summed E-state index contributed by atoms with van der Waals surface area (Å²) in [5, 5.41) is 12.4. The maximum absolute atomic E-state index is 9.17. The first-order valence-corrected chi connectivity index (χ1v) is 8.53. The first-order chi connectivity index (χ1) is 11.5. The molecule has 2 N–H and O–H groups in total. The largest absolute Gasteiger partial charge is 0.350 e. The van der Waals surface area contributed by atoms with E-state index < -0.39 is 0 Å². The lowest BCUT2D eigenvalue weighted by molar-refractivity contribution is 1.16. The summed E-state index contributed by atoms with van der Waals surface area (Å²) in [5.74, 6) is 0.533. The van der Waals surface area contributed by atoms with E-state index in [9.17, 15) is 5.26 Å². The van der Waals surface area contributed by atoms with Gasteiger partial charge in [0.1, 0.15) is 11.8 Å². The third kappa shape index (κ3) is 3.12. The number of anilines is 2. The lowest BCUT2D eigenvalue weighted by Gasteiger charge is -2.08. The van der Waals surface area contributed by atoms with E-state index in [0.717, 1.165) is 28.2 Å². The van der Waals surface area contributed by atoms with Crippen LogP contribution in [-0.4, -0.2) is 15.0 Å². The van der Waals surface area contributed by atoms with Gasteiger partial charge < -0.3 is 10.3 Å². The van der Waals surface area contributed by atoms with Gasteiger partial charge in [0, 0.05) is 26.7 Å². The molecule has 6 heteroatoms. The van der Waals surface area contributed by atoms with Crippen LogP contribution >= 0.6 is 22.6 Å². The van der Waals surface area contributed by atoms with E-state index >= 15 is 0 Å². The zero-order valence-corrected chi connectivity index (χ0v) is 15.8. The summed E-state index contributed by atoms with van der Waals surface area (Å²) < 4.78 is 1.18. The van der Waals surface area contributed by atoms with Gasteiger partial charge in [0.2, 0.25) is 5.95 Å². The summed E-state index contributed by atoms with van der Waals surface area (Å²) in [7, 11) is 0. The number of aromatic amines is 1. The molecule has 0 aliphatic heterocycles. The fraction of sp³-hybridized carbons (Fsp3) is 0.167. The molecule has 120 valence electrons. The summed E-state index contributed by atoms with van der Waals surface area (Å²) in [5.41, 5.74) is 6.34. The van der Waals surface area contributed by atoms with Crippen LogP contribution in [0.3, 0.4) is 0 Å². The van der Waals surface area contributed by atoms with Gasteiger partial charge in [0.05, 0.1) is 5.69 Å². The molecule has 3 aromatic rings. The molecule has 0 spiro atoms. The highest BCUT2D eigenvalue weighted by Gasteiger charge is 2.14. The number of rotatable bonds is 3. The molecule has 2 heterocycles. The van der Waals surface area contributed by atoms with Crippen molar-refractivity contribution in [3.05, 3.63) is 56.5 Å². The highest BCUT2D eigenvalue weighted by atomic mass is 127. The molecule has 0 aliphatic carbocycles. The Morgan fingerprint density at radius 3 is 2.67 bits per heavy atom. The molecule has 0 bridgehead atoms. The third-order valence-electron chi connectivity index (χ3n) is 3.89. The molecular formula is C18H16IN5. The van der Waals surface area contributed by atoms with Crippen molar-refractivity contribution < 1.29 is 0 Å². The minimum absolute atomic E-state index is 0.533. The number of nitrogens with zero attached hydrogens (tertiary/aromatic N) is 3. The van der Waals surface area contributed by atoms with Crippen LogP contribution in [0.15, 0.2) is 30.5 Å². The standard InChI is InChI=1S/C18H16IN5/c1-10-4-5-13(8-14(10)19)23-18-21-7-6-15(24-18)17-11(2)16(9-20)22-12(17)3/h4-8,22H,1-3H3,(H,21,23,24). The van der Waals surface area contributed by atoms with Crippen molar-refractivity contribution in [1.82, 2.24) is 15.0 Å². The van der Waals surface area contributed by atoms with E-state index in [0.29, 0.717) is 11.6 Å². The summed E-state index contributed by atoms with van der Waals surface area (Å²) in [6.45, 7) is 5.95. The molecule has 3 rings (SSSR count). The van der Waals surface area contributed by atoms with E-state index in [1.54, 1.807) is 6.20 Å². The van der Waals surface area contributed by atoms with Gasteiger partial charge in [-0.25, -0.2) is 9.97 Å². The van der Waals surface area contributed by atoms with Crippen LogP contribution in [0, 0.1) is 35.7 Å². The first kappa shape index (κ1) is 16.5. The number of nitriles is 1. The average molecular weight is 429 g/mol. The Balaban J connectivity index is 1.97. The highest BCUT2D eigenvalue weighted by molar-refractivity contribution is 14.1. The molecule has 0 saturated carbocycles. The number of benzene rings is 1. The molecule has 0 atom stereocenters. The summed E-state index contributed by atoms with van der Waals surface area (Å²) in [6, 6.07) is 10.2. The van der Waals surface area contributed by atoms with E-state index in [4.69, 9.17) is 0 Å². The lowest BCUT2D eigenvalue weighted by Crippen LogP contribution is -1.99. The molecule has 24 heavy (non-hydrogen) atoms. The van der Waals surface area contributed by atoms with Crippen molar-refractivity contribution in [2.45, 2.75) is 20.8 Å². The van der Waals surface area contributed by atoms with E-state index in [2.05, 4.69) is 68.0 Å². The van der Waals surface area contributed by atoms with Gasteiger partial charge >= 0.3 is 0 Å². The fourth-order valence-corrected chi connectivity index (χ4v) is 3.12. The topological polar surface area (TPSA) is 77.4 Å². The first-order valence-electron chi connectivity index (χ1n) is 7.45. The van der Waals surface area contributed by atoms with Gasteiger partial charge in [0.15, 0.2) is 0 Å². The van der Waals surface area contributed by atoms with Crippen LogP contribution in [0.1, 0.15) is 22.5 Å². The number of hydrogen-bond donors (Lipinski definition) is 2. The lowest BCUT2D eigenvalue weighted by atomic mass is 10.1. The van der Waals surface area contributed by atoms with Crippen molar-refractivity contribution in [3.63, 3.8) is 0 Å². The van der Waals surface area contributed by atoms with Gasteiger partial charge in [-0.2, -0.15) is 5.26 Å². The number of aryl methyl sites for hydroxylation is 2. The fourth-order valence-electron chi connectivity index (χ4n) is 2.60. The van der Waals surface area contributed by atoms with E-state index in [1.165, 1.54) is 9.13 Å². The zero-order chi connectivity index (χ0) is 17.3. The Labute approximate surface area is 154 Å². The number of nitrogens with one attached hydrogen (secondary N) is 2. The summed E-state index contributed by atoms with van der Waals surface area (Å²) in [4.78, 5) is 12.0. The third-order valence-corrected chi connectivity index (χ3v) is 5.05. The summed E-state index contributed by atoms with van der Waals surface area (Å²) in [6.07, 6.45) is 1.72. The zero-order valence-electron chi connectivity index (χ0n) is 13.6. The Kier molecular flexibility index (Phi) is 4.53. The van der Waals surface area contributed by atoms with Crippen LogP contribution in [0.4, 0.5) is 11.6 Å². The maximum atomic E-state index is 9.17. The molecular weight excluding hydrogens is 413 g/mol. The van der Waals surface area contributed by atoms with Crippen LogP contribution < -0.4 is 5.32 Å². The normalized spacial score (nSPS) is 10.5. The van der Waals surface area contributed by atoms with Crippen molar-refractivity contribution in [2.75, 3.05) is 5.32 Å².